The molecule has 3 rings (SSSR count). The molecule has 1 amide bonds. The summed E-state index contributed by atoms with van der Waals surface area (Å²) in [6, 6.07) is 12.0. The van der Waals surface area contributed by atoms with E-state index in [1.54, 1.807) is 26.2 Å². The standard InChI is InChI=1S/C18H17FN4O2S/c1-11-3-8-15(14(19)9-11)20-16(24)10-26-18-21-17(22-23-18)12-4-6-13(25-2)7-5-12/h3-9H,10H2,1-2H3,(H,20,24)(H,21,22,23). The van der Waals surface area contributed by atoms with E-state index >= 15 is 0 Å². The van der Waals surface area contributed by atoms with Gasteiger partial charge in [0.15, 0.2) is 5.82 Å². The smallest absolute Gasteiger partial charge is 0.234 e. The summed E-state index contributed by atoms with van der Waals surface area (Å²) in [7, 11) is 1.60. The van der Waals surface area contributed by atoms with Crippen molar-refractivity contribution in [2.24, 2.45) is 0 Å². The Kier molecular flexibility index (Phi) is 5.52. The Morgan fingerprint density at radius 3 is 2.73 bits per heavy atom. The molecule has 1 heterocycles. The van der Waals surface area contributed by atoms with Gasteiger partial charge in [0, 0.05) is 5.56 Å². The summed E-state index contributed by atoms with van der Waals surface area (Å²) in [4.78, 5) is 16.3. The van der Waals surface area contributed by atoms with E-state index in [0.717, 1.165) is 16.9 Å². The lowest BCUT2D eigenvalue weighted by Crippen LogP contribution is -2.15. The molecule has 0 aliphatic rings. The number of aromatic amines is 1. The van der Waals surface area contributed by atoms with Gasteiger partial charge in [0.05, 0.1) is 18.6 Å². The van der Waals surface area contributed by atoms with Crippen LogP contribution in [0.4, 0.5) is 10.1 Å². The molecule has 0 saturated carbocycles. The number of H-pyrrole nitrogens is 1. The first kappa shape index (κ1) is 17.9. The summed E-state index contributed by atoms with van der Waals surface area (Å²) >= 11 is 1.17. The normalized spacial score (nSPS) is 10.6. The first-order valence-electron chi connectivity index (χ1n) is 7.81. The number of carbonyl (C=O) groups excluding carboxylic acids is 1. The number of anilines is 1. The number of hydrogen-bond donors (Lipinski definition) is 2. The lowest BCUT2D eigenvalue weighted by atomic mass is 10.2. The quantitative estimate of drug-likeness (QED) is 0.646. The molecule has 134 valence electrons. The number of benzene rings is 2. The molecule has 2 aromatic carbocycles. The van der Waals surface area contributed by atoms with Crippen LogP contribution in [0.3, 0.4) is 0 Å². The Labute approximate surface area is 154 Å². The minimum absolute atomic E-state index is 0.0766. The summed E-state index contributed by atoms with van der Waals surface area (Å²) < 4.78 is 18.9. The average Bonchev–Trinajstić information content (AvgIpc) is 3.11. The van der Waals surface area contributed by atoms with E-state index in [1.165, 1.54) is 17.8 Å². The predicted molar refractivity (Wildman–Crippen MR) is 98.9 cm³/mol. The second-order valence-corrected chi connectivity index (χ2v) is 6.46. The van der Waals surface area contributed by atoms with Crippen LogP contribution < -0.4 is 10.1 Å². The number of halogens is 1. The van der Waals surface area contributed by atoms with E-state index < -0.39 is 5.82 Å². The van der Waals surface area contributed by atoms with E-state index in [0.29, 0.717) is 11.0 Å². The summed E-state index contributed by atoms with van der Waals surface area (Å²) in [5.41, 5.74) is 1.81. The lowest BCUT2D eigenvalue weighted by molar-refractivity contribution is -0.113. The van der Waals surface area contributed by atoms with E-state index in [1.807, 2.05) is 24.3 Å². The maximum atomic E-state index is 13.8. The summed E-state index contributed by atoms with van der Waals surface area (Å²) in [5.74, 6) is 0.646. The van der Waals surface area contributed by atoms with Crippen molar-refractivity contribution in [3.63, 3.8) is 0 Å². The first-order chi connectivity index (χ1) is 12.5. The van der Waals surface area contributed by atoms with Gasteiger partial charge in [0.2, 0.25) is 11.1 Å². The first-order valence-corrected chi connectivity index (χ1v) is 8.79. The molecule has 0 fully saturated rings. The van der Waals surface area contributed by atoms with Gasteiger partial charge in [-0.15, -0.1) is 5.10 Å². The Morgan fingerprint density at radius 1 is 1.27 bits per heavy atom. The van der Waals surface area contributed by atoms with E-state index in [-0.39, 0.29) is 17.3 Å². The van der Waals surface area contributed by atoms with Gasteiger partial charge in [-0.1, -0.05) is 17.8 Å². The topological polar surface area (TPSA) is 79.9 Å². The molecule has 0 spiro atoms. The maximum absolute atomic E-state index is 13.8. The van der Waals surface area contributed by atoms with Crippen molar-refractivity contribution in [2.75, 3.05) is 18.2 Å². The van der Waals surface area contributed by atoms with Crippen LogP contribution in [0.1, 0.15) is 5.56 Å². The molecule has 0 bridgehead atoms. The third kappa shape index (κ3) is 4.40. The third-order valence-electron chi connectivity index (χ3n) is 3.56. The predicted octanol–water partition coefficient (Wildman–Crippen LogP) is 3.66. The lowest BCUT2D eigenvalue weighted by Gasteiger charge is -2.06. The van der Waals surface area contributed by atoms with Crippen LogP contribution in [0, 0.1) is 12.7 Å². The number of carbonyl (C=O) groups is 1. The van der Waals surface area contributed by atoms with Crippen LogP contribution in [0.25, 0.3) is 11.4 Å². The van der Waals surface area contributed by atoms with Crippen molar-refractivity contribution in [3.8, 4) is 17.1 Å². The second-order valence-electron chi connectivity index (χ2n) is 5.52. The van der Waals surface area contributed by atoms with Gasteiger partial charge in [-0.2, -0.15) is 0 Å². The molecule has 2 N–H and O–H groups in total. The van der Waals surface area contributed by atoms with E-state index in [2.05, 4.69) is 20.5 Å². The fourth-order valence-electron chi connectivity index (χ4n) is 2.23. The molecule has 0 atom stereocenters. The number of thioether (sulfide) groups is 1. The third-order valence-corrected chi connectivity index (χ3v) is 4.41. The van der Waals surface area contributed by atoms with Crippen LogP contribution in [0.2, 0.25) is 0 Å². The molecule has 0 unspecified atom stereocenters. The molecular formula is C18H17FN4O2S. The number of hydrogen-bond acceptors (Lipinski definition) is 5. The highest BCUT2D eigenvalue weighted by Crippen LogP contribution is 2.22. The number of amides is 1. The van der Waals surface area contributed by atoms with Crippen LogP contribution in [0.5, 0.6) is 5.75 Å². The summed E-state index contributed by atoms with van der Waals surface area (Å²) in [6.07, 6.45) is 0. The molecule has 0 saturated heterocycles. The molecule has 1 aromatic heterocycles. The highest BCUT2D eigenvalue weighted by Gasteiger charge is 2.11. The Morgan fingerprint density at radius 2 is 2.04 bits per heavy atom. The zero-order chi connectivity index (χ0) is 18.5. The highest BCUT2D eigenvalue weighted by molar-refractivity contribution is 7.99. The van der Waals surface area contributed by atoms with Crippen molar-refractivity contribution in [1.29, 1.82) is 0 Å². The fourth-order valence-corrected chi connectivity index (χ4v) is 2.83. The van der Waals surface area contributed by atoms with Crippen molar-refractivity contribution >= 4 is 23.4 Å². The summed E-state index contributed by atoms with van der Waals surface area (Å²) in [6.45, 7) is 1.79. The fraction of sp³-hybridized carbons (Fsp3) is 0.167. The molecule has 0 aliphatic carbocycles. The van der Waals surface area contributed by atoms with E-state index in [9.17, 15) is 9.18 Å². The number of ether oxygens (including phenoxy) is 1. The van der Waals surface area contributed by atoms with Gasteiger partial charge in [0.25, 0.3) is 0 Å². The van der Waals surface area contributed by atoms with Crippen LogP contribution in [-0.2, 0) is 4.79 Å². The van der Waals surface area contributed by atoms with Crippen LogP contribution >= 0.6 is 11.8 Å². The summed E-state index contributed by atoms with van der Waals surface area (Å²) in [5, 5.41) is 9.90. The SMILES string of the molecule is COc1ccc(-c2nc(SCC(=O)Nc3ccc(C)cc3F)n[nH]2)cc1. The van der Waals surface area contributed by atoms with E-state index in [4.69, 9.17) is 4.74 Å². The van der Waals surface area contributed by atoms with Gasteiger partial charge >= 0.3 is 0 Å². The Hall–Kier alpha value is -2.87. The zero-order valence-corrected chi connectivity index (χ0v) is 15.1. The molecule has 0 aliphatic heterocycles. The second kappa shape index (κ2) is 8.01. The van der Waals surface area contributed by atoms with Crippen LogP contribution in [0.15, 0.2) is 47.6 Å². The van der Waals surface area contributed by atoms with Crippen molar-refractivity contribution in [2.45, 2.75) is 12.1 Å². The van der Waals surface area contributed by atoms with Gasteiger partial charge in [0.1, 0.15) is 11.6 Å². The molecule has 6 nitrogen and oxygen atoms in total. The molecular weight excluding hydrogens is 355 g/mol. The maximum Gasteiger partial charge on any atom is 0.234 e. The Bertz CT molecular complexity index is 912. The van der Waals surface area contributed by atoms with Crippen molar-refractivity contribution in [3.05, 3.63) is 53.8 Å². The number of methoxy groups -OCH3 is 1. The molecule has 8 heteroatoms. The van der Waals surface area contributed by atoms with Crippen molar-refractivity contribution < 1.29 is 13.9 Å². The molecule has 26 heavy (non-hydrogen) atoms. The zero-order valence-electron chi connectivity index (χ0n) is 14.2. The van der Waals surface area contributed by atoms with Crippen molar-refractivity contribution in [1.82, 2.24) is 15.2 Å². The monoisotopic (exact) mass is 372 g/mol. The number of aryl methyl sites for hydroxylation is 1. The number of rotatable bonds is 6. The van der Waals surface area contributed by atoms with Gasteiger partial charge in [-0.25, -0.2) is 9.37 Å². The van der Waals surface area contributed by atoms with Gasteiger partial charge in [-0.05, 0) is 48.9 Å². The minimum atomic E-state index is -0.456. The largest absolute Gasteiger partial charge is 0.497 e. The number of nitrogens with zero attached hydrogens (tertiary/aromatic N) is 2. The average molecular weight is 372 g/mol. The van der Waals surface area contributed by atoms with Crippen LogP contribution in [-0.4, -0.2) is 34.0 Å². The van der Waals surface area contributed by atoms with Gasteiger partial charge < -0.3 is 10.1 Å². The minimum Gasteiger partial charge on any atom is -0.497 e. The Balaban J connectivity index is 1.58. The number of aromatic nitrogens is 3. The highest BCUT2D eigenvalue weighted by atomic mass is 32.2. The van der Waals surface area contributed by atoms with Gasteiger partial charge in [-0.3, -0.25) is 9.89 Å². The molecule has 3 aromatic rings. The number of nitrogens with one attached hydrogen (secondary N) is 2. The molecule has 0 radical (unpaired) electrons.